The van der Waals surface area contributed by atoms with Gasteiger partial charge in [-0.1, -0.05) is 0 Å². The van der Waals surface area contributed by atoms with Gasteiger partial charge < -0.3 is 8.98 Å². The molecule has 0 spiro atoms. The van der Waals surface area contributed by atoms with Crippen molar-refractivity contribution >= 4 is 22.8 Å². The normalized spacial score (nSPS) is 11.6. The molecular weight excluding hydrogens is 276 g/mol. The molecule has 0 saturated heterocycles. The van der Waals surface area contributed by atoms with Crippen molar-refractivity contribution in [1.82, 2.24) is 19.3 Å². The van der Waals surface area contributed by atoms with Gasteiger partial charge in [-0.15, -0.1) is 11.6 Å². The van der Waals surface area contributed by atoms with Crippen molar-refractivity contribution < 1.29 is 4.42 Å². The molecule has 6 heteroatoms. The van der Waals surface area contributed by atoms with Crippen LogP contribution >= 0.6 is 11.6 Å². The number of halogens is 1. The van der Waals surface area contributed by atoms with Crippen LogP contribution in [-0.2, 0) is 19.0 Å². The van der Waals surface area contributed by atoms with E-state index in [0.29, 0.717) is 12.4 Å². The van der Waals surface area contributed by atoms with Crippen LogP contribution in [-0.4, -0.2) is 19.3 Å². The monoisotopic (exact) mass is 292 g/mol. The van der Waals surface area contributed by atoms with Crippen LogP contribution in [0.1, 0.15) is 30.0 Å². The maximum Gasteiger partial charge on any atom is 0.159 e. The lowest BCUT2D eigenvalue weighted by Crippen LogP contribution is -2.08. The fraction of sp³-hybridized carbons (Fsp3) is 0.429. The highest BCUT2D eigenvalue weighted by atomic mass is 35.5. The first-order valence-corrected chi connectivity index (χ1v) is 7.21. The quantitative estimate of drug-likeness (QED) is 0.694. The van der Waals surface area contributed by atoms with Crippen molar-refractivity contribution in [2.24, 2.45) is 0 Å². The predicted molar refractivity (Wildman–Crippen MR) is 78.0 cm³/mol. The lowest BCUT2D eigenvalue weighted by molar-refractivity contribution is 0.467. The van der Waals surface area contributed by atoms with Crippen molar-refractivity contribution in [3.8, 4) is 0 Å². The van der Waals surface area contributed by atoms with Crippen molar-refractivity contribution in [1.29, 1.82) is 0 Å². The highest BCUT2D eigenvalue weighted by Gasteiger charge is 2.18. The Bertz CT molecular complexity index is 753. The highest BCUT2D eigenvalue weighted by molar-refractivity contribution is 6.16. The van der Waals surface area contributed by atoms with Gasteiger partial charge in [0.1, 0.15) is 22.9 Å². The molecule has 0 radical (unpaired) electrons. The second-order valence-electron chi connectivity index (χ2n) is 4.83. The molecular formula is C14H17ClN4O. The van der Waals surface area contributed by atoms with Gasteiger partial charge in [-0.25, -0.2) is 9.67 Å². The van der Waals surface area contributed by atoms with E-state index in [1.54, 1.807) is 0 Å². The van der Waals surface area contributed by atoms with Crippen LogP contribution in [0, 0.1) is 13.8 Å². The highest BCUT2D eigenvalue weighted by Crippen LogP contribution is 2.22. The number of aryl methyl sites for hydroxylation is 3. The first-order valence-electron chi connectivity index (χ1n) is 6.67. The van der Waals surface area contributed by atoms with Crippen molar-refractivity contribution in [2.75, 3.05) is 0 Å². The fourth-order valence-electron chi connectivity index (χ4n) is 2.48. The third-order valence-electron chi connectivity index (χ3n) is 3.41. The molecule has 0 N–H and O–H groups in total. The molecule has 3 aromatic rings. The number of alkyl halides is 1. The summed E-state index contributed by atoms with van der Waals surface area (Å²) in [5.41, 5.74) is 2.86. The minimum Gasteiger partial charge on any atom is -0.464 e. The minimum atomic E-state index is 0.373. The summed E-state index contributed by atoms with van der Waals surface area (Å²) >= 11 is 6.04. The zero-order valence-electron chi connectivity index (χ0n) is 11.9. The SMILES string of the molecule is CCn1nc(C)c2nc(CCl)n(Cc3ccc(C)o3)c21. The first-order chi connectivity index (χ1) is 9.63. The van der Waals surface area contributed by atoms with Gasteiger partial charge in [0, 0.05) is 6.54 Å². The Labute approximate surface area is 122 Å². The van der Waals surface area contributed by atoms with E-state index in [0.717, 1.165) is 40.7 Å². The van der Waals surface area contributed by atoms with Crippen molar-refractivity contribution in [3.63, 3.8) is 0 Å². The van der Waals surface area contributed by atoms with E-state index in [9.17, 15) is 0 Å². The molecule has 3 aromatic heterocycles. The maximum atomic E-state index is 6.04. The summed E-state index contributed by atoms with van der Waals surface area (Å²) in [4.78, 5) is 4.61. The van der Waals surface area contributed by atoms with E-state index in [1.807, 2.05) is 30.7 Å². The molecule has 106 valence electrons. The van der Waals surface area contributed by atoms with Gasteiger partial charge in [-0.05, 0) is 32.9 Å². The Morgan fingerprint density at radius 1 is 1.30 bits per heavy atom. The second kappa shape index (κ2) is 4.98. The number of nitrogens with zero attached hydrogens (tertiary/aromatic N) is 4. The molecule has 0 bridgehead atoms. The maximum absolute atomic E-state index is 6.04. The molecule has 0 aliphatic heterocycles. The molecule has 0 amide bonds. The summed E-state index contributed by atoms with van der Waals surface area (Å²) in [6, 6.07) is 3.95. The molecule has 5 nitrogen and oxygen atoms in total. The molecule has 0 aromatic carbocycles. The Morgan fingerprint density at radius 3 is 2.70 bits per heavy atom. The summed E-state index contributed by atoms with van der Waals surface area (Å²) in [5.74, 6) is 3.02. The molecule has 20 heavy (non-hydrogen) atoms. The lowest BCUT2D eigenvalue weighted by Gasteiger charge is -2.07. The van der Waals surface area contributed by atoms with Crippen LogP contribution < -0.4 is 0 Å². The van der Waals surface area contributed by atoms with Gasteiger partial charge in [-0.3, -0.25) is 0 Å². The van der Waals surface area contributed by atoms with Crippen LogP contribution in [0.2, 0.25) is 0 Å². The number of imidazole rings is 1. The van der Waals surface area contributed by atoms with Gasteiger partial charge in [0.15, 0.2) is 5.65 Å². The number of hydrogen-bond donors (Lipinski definition) is 0. The number of hydrogen-bond acceptors (Lipinski definition) is 3. The van der Waals surface area contributed by atoms with Crippen LogP contribution in [0.15, 0.2) is 16.5 Å². The predicted octanol–water partition coefficient (Wildman–Crippen LogP) is 3.25. The zero-order chi connectivity index (χ0) is 14.3. The van der Waals surface area contributed by atoms with Gasteiger partial charge in [0.05, 0.1) is 18.1 Å². The zero-order valence-corrected chi connectivity index (χ0v) is 12.6. The molecule has 0 fully saturated rings. The van der Waals surface area contributed by atoms with Crippen LogP contribution in [0.4, 0.5) is 0 Å². The Hall–Kier alpha value is -1.75. The van der Waals surface area contributed by atoms with Crippen molar-refractivity contribution in [2.45, 2.75) is 39.7 Å². The number of furan rings is 1. The second-order valence-corrected chi connectivity index (χ2v) is 5.10. The standard InChI is InChI=1S/C14H17ClN4O/c1-4-19-14-13(10(3)17-19)16-12(7-15)18(14)8-11-6-5-9(2)20-11/h5-6H,4,7-8H2,1-3H3. The molecule has 0 aliphatic carbocycles. The topological polar surface area (TPSA) is 48.8 Å². The van der Waals surface area contributed by atoms with Gasteiger partial charge in [0.2, 0.25) is 0 Å². The molecule has 0 saturated carbocycles. The van der Waals surface area contributed by atoms with E-state index < -0.39 is 0 Å². The Morgan fingerprint density at radius 2 is 2.10 bits per heavy atom. The molecule has 3 heterocycles. The third kappa shape index (κ3) is 2.02. The van der Waals surface area contributed by atoms with Gasteiger partial charge in [-0.2, -0.15) is 5.10 Å². The largest absolute Gasteiger partial charge is 0.464 e. The smallest absolute Gasteiger partial charge is 0.159 e. The van der Waals surface area contributed by atoms with E-state index in [-0.39, 0.29) is 0 Å². The van der Waals surface area contributed by atoms with Gasteiger partial charge in [0.25, 0.3) is 0 Å². The van der Waals surface area contributed by atoms with Crippen LogP contribution in [0.25, 0.3) is 11.2 Å². The number of rotatable bonds is 4. The molecule has 3 rings (SSSR count). The van der Waals surface area contributed by atoms with Gasteiger partial charge >= 0.3 is 0 Å². The molecule has 0 atom stereocenters. The lowest BCUT2D eigenvalue weighted by atomic mass is 10.4. The Balaban J connectivity index is 2.16. The minimum absolute atomic E-state index is 0.373. The average molecular weight is 293 g/mol. The number of aromatic nitrogens is 4. The third-order valence-corrected chi connectivity index (χ3v) is 3.65. The molecule has 0 unspecified atom stereocenters. The van der Waals surface area contributed by atoms with E-state index in [1.165, 1.54) is 0 Å². The first kappa shape index (κ1) is 13.2. The van der Waals surface area contributed by atoms with Crippen LogP contribution in [0.5, 0.6) is 0 Å². The summed E-state index contributed by atoms with van der Waals surface area (Å²) < 4.78 is 9.71. The van der Waals surface area contributed by atoms with E-state index in [2.05, 4.69) is 21.6 Å². The fourth-order valence-corrected chi connectivity index (χ4v) is 2.69. The van der Waals surface area contributed by atoms with Crippen LogP contribution in [0.3, 0.4) is 0 Å². The van der Waals surface area contributed by atoms with Crippen molar-refractivity contribution in [3.05, 3.63) is 35.2 Å². The summed E-state index contributed by atoms with van der Waals surface area (Å²) in [6.45, 7) is 7.41. The van der Waals surface area contributed by atoms with E-state index in [4.69, 9.17) is 16.0 Å². The Kier molecular flexibility index (Phi) is 3.30. The summed E-state index contributed by atoms with van der Waals surface area (Å²) in [6.07, 6.45) is 0. The summed E-state index contributed by atoms with van der Waals surface area (Å²) in [7, 11) is 0. The van der Waals surface area contributed by atoms with E-state index >= 15 is 0 Å². The summed E-state index contributed by atoms with van der Waals surface area (Å²) in [5, 5.41) is 4.51. The number of fused-ring (bicyclic) bond motifs is 1. The molecule has 0 aliphatic rings. The average Bonchev–Trinajstić information content (AvgIpc) is 3.08.